The zero-order valence-corrected chi connectivity index (χ0v) is 26.5. The number of hydrogen-bond donors (Lipinski definition) is 3. The predicted molar refractivity (Wildman–Crippen MR) is 178 cm³/mol. The molecule has 46 heavy (non-hydrogen) atoms. The van der Waals surface area contributed by atoms with Gasteiger partial charge in [0.15, 0.2) is 0 Å². The van der Waals surface area contributed by atoms with Crippen molar-refractivity contribution in [3.63, 3.8) is 0 Å². The number of likely N-dealkylation sites (tertiary alicyclic amines) is 2. The number of aryl methyl sites for hydroxylation is 1. The zero-order chi connectivity index (χ0) is 32.0. The topological polar surface area (TPSA) is 131 Å². The van der Waals surface area contributed by atoms with Gasteiger partial charge >= 0.3 is 6.09 Å². The third-order valence-corrected chi connectivity index (χ3v) is 8.92. The third kappa shape index (κ3) is 7.38. The molecular weight excluding hydrogens is 580 g/mol. The fourth-order valence-corrected chi connectivity index (χ4v) is 6.34. The quantitative estimate of drug-likeness (QED) is 0.239. The van der Waals surface area contributed by atoms with Crippen LogP contribution in [0.15, 0.2) is 73.2 Å². The molecule has 2 aliphatic heterocycles. The van der Waals surface area contributed by atoms with Crippen molar-refractivity contribution in [1.29, 1.82) is 0 Å². The van der Waals surface area contributed by atoms with Gasteiger partial charge in [-0.1, -0.05) is 43.3 Å². The number of anilines is 1. The summed E-state index contributed by atoms with van der Waals surface area (Å²) < 4.78 is 7.43. The Morgan fingerprint density at radius 1 is 1.00 bits per heavy atom. The minimum Gasteiger partial charge on any atom is -0.410 e. The van der Waals surface area contributed by atoms with Gasteiger partial charge in [0.1, 0.15) is 11.6 Å². The maximum atomic E-state index is 13.1. The summed E-state index contributed by atoms with van der Waals surface area (Å²) in [6.45, 7) is 7.22. The Balaban J connectivity index is 1.00. The number of hydrogen-bond acceptors (Lipinski definition) is 8. The number of nitrogens with zero attached hydrogens (tertiary/aromatic N) is 5. The molecule has 240 valence electrons. The van der Waals surface area contributed by atoms with E-state index in [-0.39, 0.29) is 23.3 Å². The van der Waals surface area contributed by atoms with Crippen molar-refractivity contribution in [2.24, 2.45) is 7.05 Å². The van der Waals surface area contributed by atoms with Crippen molar-refractivity contribution >= 4 is 17.8 Å². The second kappa shape index (κ2) is 14.1. The van der Waals surface area contributed by atoms with Crippen LogP contribution in [0.5, 0.6) is 5.75 Å². The highest BCUT2D eigenvalue weighted by Gasteiger charge is 2.29. The van der Waals surface area contributed by atoms with Crippen LogP contribution in [0, 0.1) is 0 Å². The van der Waals surface area contributed by atoms with E-state index in [1.807, 2.05) is 31.4 Å². The molecular formula is C35H42N8O3. The summed E-state index contributed by atoms with van der Waals surface area (Å²) in [5.74, 6) is 0.291. The van der Waals surface area contributed by atoms with Crippen LogP contribution >= 0.6 is 0 Å². The van der Waals surface area contributed by atoms with Gasteiger partial charge < -0.3 is 26.0 Å². The first-order valence-electron chi connectivity index (χ1n) is 16.0. The lowest BCUT2D eigenvalue weighted by atomic mass is 10.0. The van der Waals surface area contributed by atoms with E-state index in [0.29, 0.717) is 31.3 Å². The number of nitrogens with two attached hydrogens (primary N) is 1. The number of carbonyl (C=O) groups is 2. The molecule has 0 radical (unpaired) electrons. The van der Waals surface area contributed by atoms with Crippen LogP contribution < -0.4 is 21.1 Å². The third-order valence-electron chi connectivity index (χ3n) is 8.92. The van der Waals surface area contributed by atoms with Crippen LogP contribution in [-0.2, 0) is 13.6 Å². The zero-order valence-electron chi connectivity index (χ0n) is 26.5. The Morgan fingerprint density at radius 2 is 1.85 bits per heavy atom. The fourth-order valence-electron chi connectivity index (χ4n) is 6.34. The van der Waals surface area contributed by atoms with E-state index in [0.717, 1.165) is 41.9 Å². The van der Waals surface area contributed by atoms with E-state index in [9.17, 15) is 9.59 Å². The number of ether oxygens (including phenoxy) is 1. The molecule has 2 aromatic carbocycles. The number of benzene rings is 2. The molecule has 6 rings (SSSR count). The molecule has 11 nitrogen and oxygen atoms in total. The molecule has 2 aliphatic rings. The number of likely N-dealkylation sites (N-methyl/N-ethyl adjacent to an activating group) is 1. The summed E-state index contributed by atoms with van der Waals surface area (Å²) in [5.41, 5.74) is 11.2. The molecule has 2 atom stereocenters. The van der Waals surface area contributed by atoms with Gasteiger partial charge in [-0.15, -0.1) is 0 Å². The van der Waals surface area contributed by atoms with Crippen molar-refractivity contribution in [1.82, 2.24) is 35.2 Å². The van der Waals surface area contributed by atoms with E-state index in [2.05, 4.69) is 56.8 Å². The van der Waals surface area contributed by atoms with Crippen LogP contribution in [0.4, 0.5) is 10.6 Å². The molecule has 0 aliphatic carbocycles. The Bertz CT molecular complexity index is 1670. The monoisotopic (exact) mass is 622 g/mol. The maximum absolute atomic E-state index is 13.1. The summed E-state index contributed by atoms with van der Waals surface area (Å²) in [4.78, 5) is 34.5. The van der Waals surface area contributed by atoms with Gasteiger partial charge in [0.05, 0.1) is 11.8 Å². The molecule has 4 heterocycles. The molecule has 2 amide bonds. The predicted octanol–water partition coefficient (Wildman–Crippen LogP) is 4.31. The fraction of sp³-hybridized carbons (Fsp3) is 0.371. The smallest absolute Gasteiger partial charge is 0.410 e. The number of aromatic nitrogens is 3. The summed E-state index contributed by atoms with van der Waals surface area (Å²) in [7, 11) is 1.82. The van der Waals surface area contributed by atoms with Crippen molar-refractivity contribution in [3.05, 3.63) is 84.3 Å². The summed E-state index contributed by atoms with van der Waals surface area (Å²) in [6, 6.07) is 18.2. The van der Waals surface area contributed by atoms with E-state index in [1.165, 1.54) is 24.9 Å². The first kappa shape index (κ1) is 31.3. The average molecular weight is 623 g/mol. The Kier molecular flexibility index (Phi) is 9.60. The molecule has 2 aromatic heterocycles. The molecule has 0 unspecified atom stereocenters. The highest BCUT2D eigenvalue weighted by molar-refractivity contribution is 5.99. The van der Waals surface area contributed by atoms with Crippen molar-refractivity contribution in [2.45, 2.75) is 44.8 Å². The van der Waals surface area contributed by atoms with Crippen molar-refractivity contribution in [3.8, 4) is 28.0 Å². The standard InChI is InChI=1S/C35H42N8O3/c1-3-42-14-5-7-30(42)21-37-18-24-9-11-25(12-10-24)26-6-4-8-31(16-26)46-35(45)43-15-13-29(23-43)40-34(44)32-17-27(19-38-33(32)36)28-20-39-41(2)22-28/h4,6,8-12,16-17,19-20,22,29-30,37H,3,5,7,13-15,18,21,23H2,1-2H3,(H2,36,38)(H,40,44)/t29-,30-/m1/s1. The molecule has 4 N–H and O–H groups in total. The number of amides is 2. The second-order valence-corrected chi connectivity index (χ2v) is 12.1. The number of rotatable bonds is 10. The van der Waals surface area contributed by atoms with Gasteiger partial charge in [0.2, 0.25) is 0 Å². The van der Waals surface area contributed by atoms with E-state index < -0.39 is 6.09 Å². The van der Waals surface area contributed by atoms with E-state index in [4.69, 9.17) is 10.5 Å². The number of nitrogens with one attached hydrogen (secondary N) is 2. The lowest BCUT2D eigenvalue weighted by Crippen LogP contribution is -2.39. The van der Waals surface area contributed by atoms with Gasteiger partial charge in [-0.3, -0.25) is 14.4 Å². The van der Waals surface area contributed by atoms with Gasteiger partial charge in [0.25, 0.3) is 5.91 Å². The highest BCUT2D eigenvalue weighted by atomic mass is 16.6. The van der Waals surface area contributed by atoms with Crippen LogP contribution in [0.1, 0.15) is 42.1 Å². The summed E-state index contributed by atoms with van der Waals surface area (Å²) in [5, 5.41) is 10.8. The number of carbonyl (C=O) groups excluding carboxylic acids is 2. The van der Waals surface area contributed by atoms with Crippen molar-refractivity contribution < 1.29 is 14.3 Å². The molecule has 11 heteroatoms. The first-order chi connectivity index (χ1) is 22.4. The largest absolute Gasteiger partial charge is 0.415 e. The van der Waals surface area contributed by atoms with Crippen LogP contribution in [-0.4, -0.2) is 81.4 Å². The number of pyridine rings is 1. The first-order valence-corrected chi connectivity index (χ1v) is 16.0. The minimum atomic E-state index is -0.445. The van der Waals surface area contributed by atoms with Crippen molar-refractivity contribution in [2.75, 3.05) is 38.5 Å². The molecule has 0 saturated carbocycles. The molecule has 2 fully saturated rings. The molecule has 4 aromatic rings. The Morgan fingerprint density at radius 3 is 2.63 bits per heavy atom. The van der Waals surface area contributed by atoms with Gasteiger partial charge in [-0.2, -0.15) is 5.10 Å². The van der Waals surface area contributed by atoms with Crippen LogP contribution in [0.3, 0.4) is 0 Å². The summed E-state index contributed by atoms with van der Waals surface area (Å²) >= 11 is 0. The lowest BCUT2D eigenvalue weighted by molar-refractivity contribution is 0.0937. The SMILES string of the molecule is CCN1CCC[C@@H]1CNCc1ccc(-c2cccc(OC(=O)N3CC[C@@H](NC(=O)c4cc(-c5cnn(C)c5)cnc4N)C3)c2)cc1. The molecule has 2 saturated heterocycles. The normalized spacial score (nSPS) is 18.2. The van der Waals surface area contributed by atoms with Crippen LogP contribution in [0.25, 0.3) is 22.3 Å². The Hall–Kier alpha value is -4.74. The highest BCUT2D eigenvalue weighted by Crippen LogP contribution is 2.26. The molecule has 0 bridgehead atoms. The minimum absolute atomic E-state index is 0.147. The lowest BCUT2D eigenvalue weighted by Gasteiger charge is -2.23. The van der Waals surface area contributed by atoms with Gasteiger partial charge in [0, 0.05) is 68.8 Å². The van der Waals surface area contributed by atoms with E-state index >= 15 is 0 Å². The maximum Gasteiger partial charge on any atom is 0.415 e. The number of nitrogen functional groups attached to an aromatic ring is 1. The average Bonchev–Trinajstić information content (AvgIpc) is 3.83. The van der Waals surface area contributed by atoms with Gasteiger partial charge in [-0.05, 0) is 67.2 Å². The second-order valence-electron chi connectivity index (χ2n) is 12.1. The Labute approximate surface area is 269 Å². The molecule has 0 spiro atoms. The van der Waals surface area contributed by atoms with Gasteiger partial charge in [-0.25, -0.2) is 9.78 Å². The van der Waals surface area contributed by atoms with E-state index in [1.54, 1.807) is 34.1 Å². The van der Waals surface area contributed by atoms with Crippen LogP contribution in [0.2, 0.25) is 0 Å². The summed E-state index contributed by atoms with van der Waals surface area (Å²) in [6.07, 6.45) is 7.89.